The van der Waals surface area contributed by atoms with E-state index >= 15 is 0 Å². The fourth-order valence-electron chi connectivity index (χ4n) is 5.14. The van der Waals surface area contributed by atoms with Crippen LogP contribution in [0.2, 0.25) is 5.15 Å². The van der Waals surface area contributed by atoms with E-state index in [1.165, 1.54) is 0 Å². The fourth-order valence-corrected chi connectivity index (χ4v) is 5.40. The monoisotopic (exact) mass is 517 g/mol. The Labute approximate surface area is 214 Å². The van der Waals surface area contributed by atoms with Crippen molar-refractivity contribution in [2.24, 2.45) is 11.8 Å². The van der Waals surface area contributed by atoms with Crippen LogP contribution in [0, 0.1) is 25.7 Å². The smallest absolute Gasteiger partial charge is 0.226 e. The summed E-state index contributed by atoms with van der Waals surface area (Å²) in [6.07, 6.45) is 0.177. The topological polar surface area (TPSA) is 146 Å². The summed E-state index contributed by atoms with van der Waals surface area (Å²) in [5.41, 5.74) is 2.74. The highest BCUT2D eigenvalue weighted by atomic mass is 35.5. The molecule has 1 saturated carbocycles. The number of nitrogens with one attached hydrogen (secondary N) is 2. The minimum absolute atomic E-state index is 0.190. The molecule has 11 heteroatoms. The number of hydrogen-bond donors (Lipinski definition) is 5. The highest BCUT2D eigenvalue weighted by Gasteiger charge is 2.41. The van der Waals surface area contributed by atoms with Crippen LogP contribution in [-0.4, -0.2) is 74.9 Å². The van der Waals surface area contributed by atoms with Crippen molar-refractivity contribution in [3.63, 3.8) is 0 Å². The number of anilines is 2. The number of fused-ring (bicyclic) bond motifs is 1. The van der Waals surface area contributed by atoms with E-state index in [1.54, 1.807) is 0 Å². The third kappa shape index (κ3) is 5.01. The van der Waals surface area contributed by atoms with Crippen molar-refractivity contribution in [1.29, 1.82) is 0 Å². The molecule has 3 aromatic rings. The van der Waals surface area contributed by atoms with Crippen LogP contribution >= 0.6 is 11.6 Å². The molecule has 10 nitrogen and oxygen atoms in total. The van der Waals surface area contributed by atoms with Gasteiger partial charge in [0.1, 0.15) is 22.8 Å². The Hall–Kier alpha value is -2.50. The molecule has 36 heavy (non-hydrogen) atoms. The van der Waals surface area contributed by atoms with Crippen molar-refractivity contribution in [1.82, 2.24) is 15.0 Å². The largest absolute Gasteiger partial charge is 0.454 e. The van der Waals surface area contributed by atoms with Crippen LogP contribution < -0.4 is 10.6 Å². The van der Waals surface area contributed by atoms with Crippen LogP contribution in [0.4, 0.5) is 11.8 Å². The van der Waals surface area contributed by atoms with Crippen LogP contribution in [0.15, 0.2) is 16.5 Å². The van der Waals surface area contributed by atoms with E-state index in [-0.39, 0.29) is 11.8 Å². The molecule has 194 valence electrons. The SMILES string of the molecule is Cc1cc2cc(-c3c(Cl)nc(NCC4CCOCC4)nc3N[C@@H]3C[C@H](CO)[C@@H](O)[C@H]3O)oc2c(C)n1. The van der Waals surface area contributed by atoms with Crippen LogP contribution in [0.25, 0.3) is 22.3 Å². The average Bonchev–Trinajstić information content (AvgIpc) is 3.39. The normalized spacial score (nSPS) is 24.9. The molecule has 0 unspecified atom stereocenters. The first-order chi connectivity index (χ1) is 17.3. The quantitative estimate of drug-likeness (QED) is 0.296. The third-order valence-corrected chi connectivity index (χ3v) is 7.43. The molecule has 0 spiro atoms. The maximum Gasteiger partial charge on any atom is 0.226 e. The number of nitrogens with zero attached hydrogens (tertiary/aromatic N) is 3. The number of aromatic nitrogens is 3. The number of pyridine rings is 1. The number of aliphatic hydroxyl groups is 3. The molecule has 5 rings (SSSR count). The first kappa shape index (κ1) is 25.2. The van der Waals surface area contributed by atoms with Crippen molar-refractivity contribution in [2.75, 3.05) is 37.0 Å². The van der Waals surface area contributed by atoms with Crippen LogP contribution in [0.3, 0.4) is 0 Å². The Bertz CT molecular complexity index is 1230. The van der Waals surface area contributed by atoms with Crippen molar-refractivity contribution in [3.8, 4) is 11.3 Å². The fraction of sp³-hybridized carbons (Fsp3) is 0.560. The van der Waals surface area contributed by atoms with Crippen molar-refractivity contribution < 1.29 is 24.5 Å². The lowest BCUT2D eigenvalue weighted by Crippen LogP contribution is -2.35. The van der Waals surface area contributed by atoms with Gasteiger partial charge in [0.05, 0.1) is 23.4 Å². The highest BCUT2D eigenvalue weighted by Crippen LogP contribution is 2.39. The lowest BCUT2D eigenvalue weighted by molar-refractivity contribution is 0.00446. The van der Waals surface area contributed by atoms with Crippen molar-refractivity contribution in [3.05, 3.63) is 28.7 Å². The Morgan fingerprint density at radius 3 is 2.58 bits per heavy atom. The van der Waals surface area contributed by atoms with Gasteiger partial charge in [0.2, 0.25) is 5.95 Å². The zero-order chi connectivity index (χ0) is 25.4. The molecule has 1 aliphatic carbocycles. The second-order valence-corrected chi connectivity index (χ2v) is 10.1. The Morgan fingerprint density at radius 1 is 1.08 bits per heavy atom. The molecular weight excluding hydrogens is 486 g/mol. The summed E-state index contributed by atoms with van der Waals surface area (Å²) >= 11 is 6.72. The Balaban J connectivity index is 1.51. The van der Waals surface area contributed by atoms with Crippen LogP contribution in [0.5, 0.6) is 0 Å². The minimum Gasteiger partial charge on any atom is -0.454 e. The van der Waals surface area contributed by atoms with Gasteiger partial charge in [0.15, 0.2) is 5.58 Å². The standard InChI is InChI=1S/C25H32ClN5O5/c1-12-7-15-9-18(36-22(15)13(2)28-12)19-23(26)30-25(27-10-14-3-5-35-6-4-14)31-24(19)29-17-8-16(11-32)20(33)21(17)34/h7,9,14,16-17,20-21,32-34H,3-6,8,10-11H2,1-2H3,(H2,27,29,30,31)/t16-,17-,20-,21+/m1/s1. The van der Waals surface area contributed by atoms with Gasteiger partial charge in [-0.15, -0.1) is 0 Å². The van der Waals surface area contributed by atoms with E-state index in [0.717, 1.165) is 42.8 Å². The van der Waals surface area contributed by atoms with Gasteiger partial charge in [0, 0.05) is 43.4 Å². The molecule has 2 fully saturated rings. The van der Waals surface area contributed by atoms with Crippen LogP contribution in [0.1, 0.15) is 30.7 Å². The molecule has 4 atom stereocenters. The number of ether oxygens (including phenoxy) is 1. The third-order valence-electron chi connectivity index (χ3n) is 7.16. The molecular formula is C25H32ClN5O5. The summed E-state index contributed by atoms with van der Waals surface area (Å²) in [4.78, 5) is 13.7. The van der Waals surface area contributed by atoms with E-state index in [4.69, 9.17) is 25.7 Å². The van der Waals surface area contributed by atoms with Gasteiger partial charge in [0.25, 0.3) is 0 Å². The van der Waals surface area contributed by atoms with Crippen LogP contribution in [-0.2, 0) is 4.74 Å². The zero-order valence-corrected chi connectivity index (χ0v) is 21.1. The average molecular weight is 518 g/mol. The summed E-state index contributed by atoms with van der Waals surface area (Å²) in [5, 5.41) is 38.1. The van der Waals surface area contributed by atoms with Gasteiger partial charge in [-0.25, -0.2) is 4.98 Å². The van der Waals surface area contributed by atoms with E-state index in [9.17, 15) is 15.3 Å². The predicted molar refractivity (Wildman–Crippen MR) is 136 cm³/mol. The molecule has 2 aliphatic rings. The first-order valence-corrected chi connectivity index (χ1v) is 12.7. The van der Waals surface area contributed by atoms with Gasteiger partial charge < -0.3 is 35.1 Å². The van der Waals surface area contributed by atoms with Gasteiger partial charge in [-0.2, -0.15) is 4.98 Å². The van der Waals surface area contributed by atoms with E-state index in [2.05, 4.69) is 20.6 Å². The number of hydrogen-bond acceptors (Lipinski definition) is 10. The first-order valence-electron chi connectivity index (χ1n) is 12.3. The summed E-state index contributed by atoms with van der Waals surface area (Å²) < 4.78 is 11.6. The summed E-state index contributed by atoms with van der Waals surface area (Å²) in [6.45, 7) is 5.76. The molecule has 0 bridgehead atoms. The van der Waals surface area contributed by atoms with Gasteiger partial charge in [-0.05, 0) is 51.2 Å². The Kier molecular flexibility index (Phi) is 7.32. The lowest BCUT2D eigenvalue weighted by atomic mass is 10.0. The Morgan fingerprint density at radius 2 is 1.86 bits per heavy atom. The molecule has 0 amide bonds. The van der Waals surface area contributed by atoms with E-state index in [1.807, 2.05) is 26.0 Å². The second-order valence-electron chi connectivity index (χ2n) is 9.79. The van der Waals surface area contributed by atoms with Gasteiger partial charge >= 0.3 is 0 Å². The molecule has 0 aromatic carbocycles. The maximum absolute atomic E-state index is 10.6. The number of rotatable bonds is 7. The molecule has 5 N–H and O–H groups in total. The highest BCUT2D eigenvalue weighted by molar-refractivity contribution is 6.32. The van der Waals surface area contributed by atoms with Gasteiger partial charge in [-0.3, -0.25) is 4.98 Å². The van der Waals surface area contributed by atoms with Gasteiger partial charge in [-0.1, -0.05) is 11.6 Å². The van der Waals surface area contributed by atoms with E-state index < -0.39 is 24.2 Å². The molecule has 3 aromatic heterocycles. The summed E-state index contributed by atoms with van der Waals surface area (Å²) in [6, 6.07) is 3.27. The summed E-state index contributed by atoms with van der Waals surface area (Å²) in [7, 11) is 0. The lowest BCUT2D eigenvalue weighted by Gasteiger charge is -2.23. The number of halogens is 1. The number of furan rings is 1. The van der Waals surface area contributed by atoms with E-state index in [0.29, 0.717) is 47.6 Å². The molecule has 1 aliphatic heterocycles. The molecule has 4 heterocycles. The van der Waals surface area contributed by atoms with Crippen molar-refractivity contribution >= 4 is 34.3 Å². The minimum atomic E-state index is -1.08. The predicted octanol–water partition coefficient (Wildman–Crippen LogP) is 2.91. The number of aliphatic hydroxyl groups excluding tert-OH is 3. The number of aryl methyl sites for hydroxylation is 2. The maximum atomic E-state index is 10.6. The molecule has 1 saturated heterocycles. The second kappa shape index (κ2) is 10.5. The zero-order valence-electron chi connectivity index (χ0n) is 20.4. The molecule has 0 radical (unpaired) electrons. The van der Waals surface area contributed by atoms with Crippen molar-refractivity contribution in [2.45, 2.75) is 51.4 Å². The summed E-state index contributed by atoms with van der Waals surface area (Å²) in [5.74, 6) is 1.21.